The highest BCUT2D eigenvalue weighted by Crippen LogP contribution is 2.14. The number of likely N-dealkylation sites (N-methyl/N-ethyl adjacent to an activating group) is 1. The van der Waals surface area contributed by atoms with Crippen LogP contribution in [0, 0.1) is 0 Å². The second-order valence-corrected chi connectivity index (χ2v) is 4.79. The molecule has 0 aliphatic carbocycles. The number of aryl methyl sites for hydroxylation is 1. The van der Waals surface area contributed by atoms with Gasteiger partial charge >= 0.3 is 0 Å². The van der Waals surface area contributed by atoms with Crippen molar-refractivity contribution in [3.05, 3.63) is 11.9 Å². The zero-order valence-corrected chi connectivity index (χ0v) is 12.6. The van der Waals surface area contributed by atoms with Gasteiger partial charge in [0, 0.05) is 25.6 Å². The highest BCUT2D eigenvalue weighted by molar-refractivity contribution is 5.38. The average molecular weight is 266 g/mol. The zero-order valence-electron chi connectivity index (χ0n) is 12.6. The predicted molar refractivity (Wildman–Crippen MR) is 78.9 cm³/mol. The van der Waals surface area contributed by atoms with Crippen LogP contribution in [0.3, 0.4) is 0 Å². The molecule has 19 heavy (non-hydrogen) atoms. The molecule has 5 nitrogen and oxygen atoms in total. The van der Waals surface area contributed by atoms with Gasteiger partial charge in [0.15, 0.2) is 0 Å². The Balaban J connectivity index is 2.60. The van der Waals surface area contributed by atoms with Crippen molar-refractivity contribution in [2.45, 2.75) is 33.1 Å². The first-order valence-electron chi connectivity index (χ1n) is 7.05. The number of hydrogen-bond donors (Lipinski definition) is 1. The predicted octanol–water partition coefficient (Wildman–Crippen LogP) is 2.19. The minimum Gasteiger partial charge on any atom is -0.478 e. The van der Waals surface area contributed by atoms with Gasteiger partial charge in [-0.05, 0) is 20.5 Å². The van der Waals surface area contributed by atoms with Gasteiger partial charge in [0.25, 0.3) is 0 Å². The van der Waals surface area contributed by atoms with Crippen LogP contribution in [0.15, 0.2) is 6.07 Å². The number of anilines is 1. The van der Waals surface area contributed by atoms with Crippen molar-refractivity contribution < 1.29 is 4.74 Å². The molecule has 0 aromatic carbocycles. The molecule has 0 unspecified atom stereocenters. The number of unbranched alkanes of at least 4 members (excludes halogenated alkanes) is 1. The Morgan fingerprint density at radius 2 is 2.05 bits per heavy atom. The molecule has 0 spiro atoms. The first kappa shape index (κ1) is 15.7. The number of nitrogens with one attached hydrogen (secondary N) is 1. The molecular formula is C14H26N4O. The van der Waals surface area contributed by atoms with Crippen molar-refractivity contribution in [1.29, 1.82) is 0 Å². The van der Waals surface area contributed by atoms with E-state index in [-0.39, 0.29) is 0 Å². The van der Waals surface area contributed by atoms with Crippen molar-refractivity contribution in [2.75, 3.05) is 39.1 Å². The third kappa shape index (κ3) is 6.38. The number of nitrogens with zero attached hydrogens (tertiary/aromatic N) is 3. The van der Waals surface area contributed by atoms with Crippen molar-refractivity contribution in [3.63, 3.8) is 0 Å². The van der Waals surface area contributed by atoms with E-state index in [0.29, 0.717) is 12.5 Å². The summed E-state index contributed by atoms with van der Waals surface area (Å²) in [4.78, 5) is 11.0. The molecule has 5 heteroatoms. The lowest BCUT2D eigenvalue weighted by Gasteiger charge is -2.12. The molecule has 0 bridgehead atoms. The highest BCUT2D eigenvalue weighted by atomic mass is 16.5. The van der Waals surface area contributed by atoms with Crippen LogP contribution in [0.2, 0.25) is 0 Å². The van der Waals surface area contributed by atoms with Crippen LogP contribution in [0.1, 0.15) is 32.5 Å². The lowest BCUT2D eigenvalue weighted by molar-refractivity contribution is 0.296. The van der Waals surface area contributed by atoms with E-state index in [4.69, 9.17) is 4.74 Å². The van der Waals surface area contributed by atoms with Crippen LogP contribution in [-0.4, -0.2) is 48.7 Å². The van der Waals surface area contributed by atoms with Gasteiger partial charge in [0.2, 0.25) is 5.88 Å². The first-order chi connectivity index (χ1) is 9.15. The Bertz CT molecular complexity index is 368. The van der Waals surface area contributed by atoms with Crippen LogP contribution in [0.5, 0.6) is 5.88 Å². The molecule has 0 aliphatic heterocycles. The molecule has 0 aliphatic rings. The van der Waals surface area contributed by atoms with E-state index in [9.17, 15) is 0 Å². The summed E-state index contributed by atoms with van der Waals surface area (Å²) in [6.07, 6.45) is 2.99. The lowest BCUT2D eigenvalue weighted by Crippen LogP contribution is -2.21. The molecule has 0 atom stereocenters. The minimum absolute atomic E-state index is 0.674. The monoisotopic (exact) mass is 266 g/mol. The van der Waals surface area contributed by atoms with Crippen LogP contribution < -0.4 is 10.1 Å². The summed E-state index contributed by atoms with van der Waals surface area (Å²) < 4.78 is 5.66. The van der Waals surface area contributed by atoms with Gasteiger partial charge in [-0.25, -0.2) is 4.98 Å². The fraction of sp³-hybridized carbons (Fsp3) is 0.714. The summed E-state index contributed by atoms with van der Waals surface area (Å²) in [5, 5.41) is 3.31. The quantitative estimate of drug-likeness (QED) is 0.694. The smallest absolute Gasteiger partial charge is 0.218 e. The molecular weight excluding hydrogens is 240 g/mol. The molecule has 108 valence electrons. The molecule has 0 amide bonds. The Labute approximate surface area is 116 Å². The molecule has 1 aromatic heterocycles. The summed E-state index contributed by atoms with van der Waals surface area (Å²) in [7, 11) is 4.11. The highest BCUT2D eigenvalue weighted by Gasteiger charge is 2.04. The Kier molecular flexibility index (Phi) is 7.18. The molecule has 0 radical (unpaired) electrons. The molecule has 1 heterocycles. The maximum Gasteiger partial charge on any atom is 0.218 e. The van der Waals surface area contributed by atoms with Crippen molar-refractivity contribution in [2.24, 2.45) is 0 Å². The molecule has 0 fully saturated rings. The molecule has 1 rings (SSSR count). The van der Waals surface area contributed by atoms with Gasteiger partial charge in [-0.3, -0.25) is 0 Å². The minimum atomic E-state index is 0.674. The molecule has 1 aromatic rings. The fourth-order valence-electron chi connectivity index (χ4n) is 1.52. The Morgan fingerprint density at radius 1 is 1.26 bits per heavy atom. The molecule has 0 saturated heterocycles. The Hall–Kier alpha value is -1.36. The maximum atomic E-state index is 5.66. The second-order valence-electron chi connectivity index (χ2n) is 4.79. The van der Waals surface area contributed by atoms with Crippen LogP contribution in [0.4, 0.5) is 5.82 Å². The van der Waals surface area contributed by atoms with E-state index in [2.05, 4.69) is 48.1 Å². The van der Waals surface area contributed by atoms with E-state index in [1.54, 1.807) is 0 Å². The van der Waals surface area contributed by atoms with E-state index in [1.165, 1.54) is 0 Å². The lowest BCUT2D eigenvalue weighted by atomic mass is 10.4. The van der Waals surface area contributed by atoms with Gasteiger partial charge < -0.3 is 15.0 Å². The van der Waals surface area contributed by atoms with Gasteiger partial charge in [-0.15, -0.1) is 0 Å². The van der Waals surface area contributed by atoms with E-state index in [1.807, 2.05) is 6.07 Å². The number of aromatic nitrogens is 2. The maximum absolute atomic E-state index is 5.66. The fourth-order valence-corrected chi connectivity index (χ4v) is 1.52. The van der Waals surface area contributed by atoms with Gasteiger partial charge in [0.1, 0.15) is 11.6 Å². The first-order valence-corrected chi connectivity index (χ1v) is 7.05. The van der Waals surface area contributed by atoms with E-state index >= 15 is 0 Å². The second kappa shape index (κ2) is 8.69. The summed E-state index contributed by atoms with van der Waals surface area (Å²) in [5.41, 5.74) is 0. The summed E-state index contributed by atoms with van der Waals surface area (Å²) in [6.45, 7) is 6.75. The Morgan fingerprint density at radius 3 is 2.68 bits per heavy atom. The normalized spacial score (nSPS) is 10.8. The third-order valence-electron chi connectivity index (χ3n) is 2.68. The summed E-state index contributed by atoms with van der Waals surface area (Å²) >= 11 is 0. The zero-order chi connectivity index (χ0) is 14.1. The SMILES string of the molecule is CCCCOc1cc(NCCN(C)C)nc(CC)n1. The van der Waals surface area contributed by atoms with Crippen molar-refractivity contribution in [3.8, 4) is 5.88 Å². The average Bonchev–Trinajstić information content (AvgIpc) is 2.38. The van der Waals surface area contributed by atoms with E-state index < -0.39 is 0 Å². The summed E-state index contributed by atoms with van der Waals surface area (Å²) in [5.74, 6) is 2.34. The number of hydrogen-bond acceptors (Lipinski definition) is 5. The largest absolute Gasteiger partial charge is 0.478 e. The van der Waals surface area contributed by atoms with Crippen molar-refractivity contribution in [1.82, 2.24) is 14.9 Å². The standard InChI is InChI=1S/C14H26N4O/c1-5-7-10-19-14-11-13(15-8-9-18(3)4)16-12(6-2)17-14/h11H,5-10H2,1-4H3,(H,15,16,17). The molecule has 1 N–H and O–H groups in total. The molecule has 0 saturated carbocycles. The van der Waals surface area contributed by atoms with Crippen LogP contribution >= 0.6 is 0 Å². The third-order valence-corrected chi connectivity index (χ3v) is 2.68. The number of rotatable bonds is 9. The van der Waals surface area contributed by atoms with Crippen LogP contribution in [-0.2, 0) is 6.42 Å². The van der Waals surface area contributed by atoms with Gasteiger partial charge in [0.05, 0.1) is 6.61 Å². The summed E-state index contributed by atoms with van der Waals surface area (Å²) in [6, 6.07) is 1.88. The number of ether oxygens (including phenoxy) is 1. The van der Waals surface area contributed by atoms with Crippen molar-refractivity contribution >= 4 is 5.82 Å². The topological polar surface area (TPSA) is 50.3 Å². The van der Waals surface area contributed by atoms with E-state index in [0.717, 1.165) is 44.0 Å². The van der Waals surface area contributed by atoms with Crippen LogP contribution in [0.25, 0.3) is 0 Å². The van der Waals surface area contributed by atoms with Gasteiger partial charge in [-0.2, -0.15) is 4.98 Å². The van der Waals surface area contributed by atoms with Gasteiger partial charge in [-0.1, -0.05) is 20.3 Å².